The molecular formula is C24H31BF2O6. The summed E-state index contributed by atoms with van der Waals surface area (Å²) >= 11 is 0. The molecule has 1 aliphatic rings. The van der Waals surface area contributed by atoms with E-state index in [4.69, 9.17) is 23.5 Å². The zero-order chi connectivity index (χ0) is 24.4. The second kappa shape index (κ2) is 9.95. The first-order valence-electron chi connectivity index (χ1n) is 11.0. The van der Waals surface area contributed by atoms with E-state index in [0.29, 0.717) is 22.0 Å². The van der Waals surface area contributed by atoms with Crippen LogP contribution in [0.25, 0.3) is 10.8 Å². The molecule has 0 aromatic heterocycles. The van der Waals surface area contributed by atoms with E-state index in [0.717, 1.165) is 0 Å². The Morgan fingerprint density at radius 1 is 1.15 bits per heavy atom. The molecule has 3 rings (SSSR count). The smallest absolute Gasteiger partial charge is 0.468 e. The van der Waals surface area contributed by atoms with Crippen LogP contribution in [0.1, 0.15) is 46.6 Å². The molecule has 0 spiro atoms. The molecule has 9 heteroatoms. The van der Waals surface area contributed by atoms with E-state index in [-0.39, 0.29) is 31.8 Å². The van der Waals surface area contributed by atoms with Crippen LogP contribution < -0.4 is 10.2 Å². The minimum absolute atomic E-state index is 0.00602. The summed E-state index contributed by atoms with van der Waals surface area (Å²) in [6.07, 6.45) is -2.06. The van der Waals surface area contributed by atoms with E-state index in [1.165, 1.54) is 13.2 Å². The van der Waals surface area contributed by atoms with Crippen molar-refractivity contribution >= 4 is 29.3 Å². The fraction of sp³-hybridized carbons (Fsp3) is 0.542. The number of esters is 1. The highest BCUT2D eigenvalue weighted by molar-refractivity contribution is 6.65. The third kappa shape index (κ3) is 5.31. The Hall–Kier alpha value is -2.23. The summed E-state index contributed by atoms with van der Waals surface area (Å²) in [7, 11) is 0.719. The quantitative estimate of drug-likeness (QED) is 0.317. The summed E-state index contributed by atoms with van der Waals surface area (Å²) in [5.41, 5.74) is -0.385. The van der Waals surface area contributed by atoms with Crippen molar-refractivity contribution in [3.05, 3.63) is 35.6 Å². The van der Waals surface area contributed by atoms with Crippen LogP contribution in [0.5, 0.6) is 5.75 Å². The van der Waals surface area contributed by atoms with Crippen molar-refractivity contribution in [1.29, 1.82) is 0 Å². The van der Waals surface area contributed by atoms with Gasteiger partial charge in [-0.3, -0.25) is 0 Å². The number of rotatable bonds is 9. The molecule has 1 fully saturated rings. The van der Waals surface area contributed by atoms with Crippen molar-refractivity contribution in [1.82, 2.24) is 0 Å². The van der Waals surface area contributed by atoms with Crippen LogP contribution in [0.2, 0.25) is 0 Å². The number of halogens is 2. The average Bonchev–Trinajstić information content (AvgIpc) is 2.97. The number of carbonyl (C=O) groups excluding carboxylic acids is 1. The lowest BCUT2D eigenvalue weighted by Crippen LogP contribution is -2.41. The summed E-state index contributed by atoms with van der Waals surface area (Å²) in [4.78, 5) is 11.7. The monoisotopic (exact) mass is 464 g/mol. The standard InChI is InChI=1S/C24H31BF2O6/c1-7-30-22(28)20(27)11-9-17-19(26)10-8-15-12-16(31-14-29-6)13-18(21(15)17)25-32-23(2,3)24(4,5)33-25/h8,10,12-13,20H,7,9,11,14H2,1-6H3. The minimum atomic E-state index is -1.84. The molecule has 2 aromatic carbocycles. The number of hydrogen-bond acceptors (Lipinski definition) is 6. The fourth-order valence-corrected chi connectivity index (χ4v) is 3.75. The van der Waals surface area contributed by atoms with Gasteiger partial charge >= 0.3 is 13.1 Å². The fourth-order valence-electron chi connectivity index (χ4n) is 3.75. The Labute approximate surface area is 193 Å². The number of ether oxygens (including phenoxy) is 3. The van der Waals surface area contributed by atoms with E-state index in [1.54, 1.807) is 25.1 Å². The molecule has 0 aliphatic carbocycles. The summed E-state index contributed by atoms with van der Waals surface area (Å²) < 4.78 is 57.2. The highest BCUT2D eigenvalue weighted by Crippen LogP contribution is 2.38. The molecule has 0 bridgehead atoms. The second-order valence-corrected chi connectivity index (χ2v) is 9.03. The van der Waals surface area contributed by atoms with Gasteiger partial charge in [0.1, 0.15) is 11.6 Å². The zero-order valence-corrected chi connectivity index (χ0v) is 20.0. The molecule has 1 saturated heterocycles. The van der Waals surface area contributed by atoms with Crippen LogP contribution in [-0.2, 0) is 30.0 Å². The molecule has 0 saturated carbocycles. The molecule has 0 radical (unpaired) electrons. The SMILES string of the molecule is CCOC(=O)C(F)CCc1c(F)ccc2cc(OCOC)cc(B3OC(C)(C)C(C)(C)O3)c12. The van der Waals surface area contributed by atoms with Crippen LogP contribution in [0.4, 0.5) is 8.78 Å². The van der Waals surface area contributed by atoms with Crippen LogP contribution in [0.15, 0.2) is 24.3 Å². The Kier molecular flexibility index (Phi) is 7.66. The van der Waals surface area contributed by atoms with Gasteiger partial charge in [0.05, 0.1) is 17.8 Å². The van der Waals surface area contributed by atoms with Gasteiger partial charge in [-0.1, -0.05) is 6.07 Å². The predicted octanol–water partition coefficient (Wildman–Crippen LogP) is 4.09. The molecule has 33 heavy (non-hydrogen) atoms. The van der Waals surface area contributed by atoms with Gasteiger partial charge in [-0.2, -0.15) is 0 Å². The van der Waals surface area contributed by atoms with E-state index in [9.17, 15) is 9.18 Å². The maximum Gasteiger partial charge on any atom is 0.495 e. The van der Waals surface area contributed by atoms with E-state index in [2.05, 4.69) is 0 Å². The summed E-state index contributed by atoms with van der Waals surface area (Å²) in [5, 5.41) is 1.23. The van der Waals surface area contributed by atoms with Gasteiger partial charge in [0.15, 0.2) is 13.0 Å². The highest BCUT2D eigenvalue weighted by Gasteiger charge is 2.52. The van der Waals surface area contributed by atoms with E-state index >= 15 is 4.39 Å². The number of carbonyl (C=O) groups is 1. The Morgan fingerprint density at radius 3 is 2.42 bits per heavy atom. The lowest BCUT2D eigenvalue weighted by Gasteiger charge is -2.32. The summed E-state index contributed by atoms with van der Waals surface area (Å²) in [6.45, 7) is 9.42. The van der Waals surface area contributed by atoms with Gasteiger partial charge in [0, 0.05) is 7.11 Å². The number of alkyl halides is 1. The van der Waals surface area contributed by atoms with Crippen molar-refractivity contribution in [2.45, 2.75) is 64.8 Å². The van der Waals surface area contributed by atoms with Crippen molar-refractivity contribution < 1.29 is 37.1 Å². The Morgan fingerprint density at radius 2 is 1.82 bits per heavy atom. The molecule has 1 atom stereocenters. The van der Waals surface area contributed by atoms with Gasteiger partial charge in [-0.15, -0.1) is 0 Å². The van der Waals surface area contributed by atoms with Crippen LogP contribution in [0.3, 0.4) is 0 Å². The Balaban J connectivity index is 2.08. The number of methoxy groups -OCH3 is 1. The molecule has 2 aromatic rings. The topological polar surface area (TPSA) is 63.2 Å². The second-order valence-electron chi connectivity index (χ2n) is 9.03. The molecule has 1 unspecified atom stereocenters. The first-order chi connectivity index (χ1) is 15.5. The molecule has 180 valence electrons. The number of benzene rings is 2. The lowest BCUT2D eigenvalue weighted by molar-refractivity contribution is -0.149. The highest BCUT2D eigenvalue weighted by atomic mass is 19.1. The first kappa shape index (κ1) is 25.4. The normalized spacial score (nSPS) is 17.9. The molecular weight excluding hydrogens is 433 g/mol. The molecule has 1 heterocycles. The molecule has 0 N–H and O–H groups in total. The summed E-state index contributed by atoms with van der Waals surface area (Å²) in [6, 6.07) is 6.43. The molecule has 0 amide bonds. The van der Waals surface area contributed by atoms with Crippen molar-refractivity contribution in [2.24, 2.45) is 0 Å². The first-order valence-corrected chi connectivity index (χ1v) is 11.0. The lowest BCUT2D eigenvalue weighted by atomic mass is 9.74. The Bertz CT molecular complexity index is 994. The van der Waals surface area contributed by atoms with Gasteiger partial charge in [-0.05, 0) is 87.5 Å². The van der Waals surface area contributed by atoms with Crippen LogP contribution in [0, 0.1) is 5.82 Å². The van der Waals surface area contributed by atoms with Crippen LogP contribution in [-0.4, -0.2) is 51.0 Å². The van der Waals surface area contributed by atoms with Gasteiger partial charge in [-0.25, -0.2) is 13.6 Å². The zero-order valence-electron chi connectivity index (χ0n) is 20.0. The van der Waals surface area contributed by atoms with E-state index < -0.39 is 36.3 Å². The largest absolute Gasteiger partial charge is 0.495 e. The number of hydrogen-bond donors (Lipinski definition) is 0. The van der Waals surface area contributed by atoms with Crippen molar-refractivity contribution in [3.8, 4) is 5.75 Å². The predicted molar refractivity (Wildman–Crippen MR) is 122 cm³/mol. The maximum absolute atomic E-state index is 15.0. The number of fused-ring (bicyclic) bond motifs is 1. The average molecular weight is 464 g/mol. The van der Waals surface area contributed by atoms with Crippen molar-refractivity contribution in [3.63, 3.8) is 0 Å². The molecule has 6 nitrogen and oxygen atoms in total. The summed E-state index contributed by atoms with van der Waals surface area (Å²) in [5.74, 6) is -0.942. The van der Waals surface area contributed by atoms with Gasteiger partial charge < -0.3 is 23.5 Å². The third-order valence-corrected chi connectivity index (χ3v) is 6.21. The number of aryl methyl sites for hydroxylation is 1. The van der Waals surface area contributed by atoms with E-state index in [1.807, 2.05) is 27.7 Å². The molecule has 1 aliphatic heterocycles. The van der Waals surface area contributed by atoms with Crippen molar-refractivity contribution in [2.75, 3.05) is 20.5 Å². The third-order valence-electron chi connectivity index (χ3n) is 6.21. The minimum Gasteiger partial charge on any atom is -0.468 e. The van der Waals surface area contributed by atoms with Crippen LogP contribution >= 0.6 is 0 Å². The maximum atomic E-state index is 15.0. The van der Waals surface area contributed by atoms with Gasteiger partial charge in [0.2, 0.25) is 0 Å². The van der Waals surface area contributed by atoms with Gasteiger partial charge in [0.25, 0.3) is 0 Å².